The number of hydrogen-bond acceptors (Lipinski definition) is 5. The number of rotatable bonds is 10. The zero-order chi connectivity index (χ0) is 23.1. The number of ether oxygens (including phenoxy) is 2. The number of methoxy groups -OCH3 is 1. The molecule has 3 rings (SSSR count). The summed E-state index contributed by atoms with van der Waals surface area (Å²) >= 11 is 0. The van der Waals surface area contributed by atoms with E-state index >= 15 is 0 Å². The molecule has 1 amide bonds. The summed E-state index contributed by atoms with van der Waals surface area (Å²) in [5, 5.41) is 2.73. The molecule has 8 heteroatoms. The van der Waals surface area contributed by atoms with Gasteiger partial charge in [0.1, 0.15) is 11.5 Å². The van der Waals surface area contributed by atoms with E-state index in [1.165, 1.54) is 9.87 Å². The SMILES string of the molecule is COc1ccc2c(c1)CCN(S(=O)(=O)CCCNC(=O)COc1ccc(C(C)C)cc1)C2. The third-order valence-corrected chi connectivity index (χ3v) is 7.51. The number of sulfonamides is 1. The van der Waals surface area contributed by atoms with Crippen molar-refractivity contribution in [3.05, 3.63) is 59.2 Å². The van der Waals surface area contributed by atoms with Crippen molar-refractivity contribution in [3.8, 4) is 11.5 Å². The summed E-state index contributed by atoms with van der Waals surface area (Å²) in [7, 11) is -1.77. The van der Waals surface area contributed by atoms with Crippen molar-refractivity contribution in [2.75, 3.05) is 32.6 Å². The van der Waals surface area contributed by atoms with Gasteiger partial charge in [0.2, 0.25) is 10.0 Å². The minimum atomic E-state index is -3.39. The first-order valence-corrected chi connectivity index (χ1v) is 12.5. The van der Waals surface area contributed by atoms with Crippen LogP contribution in [0.25, 0.3) is 0 Å². The molecule has 2 aromatic rings. The van der Waals surface area contributed by atoms with Crippen LogP contribution in [0.15, 0.2) is 42.5 Å². The molecule has 7 nitrogen and oxygen atoms in total. The van der Waals surface area contributed by atoms with Gasteiger partial charge in [0.05, 0.1) is 12.9 Å². The van der Waals surface area contributed by atoms with Gasteiger partial charge in [-0.25, -0.2) is 8.42 Å². The summed E-state index contributed by atoms with van der Waals surface area (Å²) in [6.07, 6.45) is 1.01. The monoisotopic (exact) mass is 460 g/mol. The van der Waals surface area contributed by atoms with Gasteiger partial charge in [-0.05, 0) is 59.7 Å². The molecule has 0 radical (unpaired) electrons. The number of carbonyl (C=O) groups excluding carboxylic acids is 1. The lowest BCUT2D eigenvalue weighted by Gasteiger charge is -2.28. The highest BCUT2D eigenvalue weighted by Gasteiger charge is 2.26. The van der Waals surface area contributed by atoms with Crippen molar-refractivity contribution >= 4 is 15.9 Å². The third-order valence-electron chi connectivity index (χ3n) is 5.60. The van der Waals surface area contributed by atoms with Crippen LogP contribution in [0.3, 0.4) is 0 Å². The van der Waals surface area contributed by atoms with Crippen LogP contribution >= 0.6 is 0 Å². The predicted molar refractivity (Wildman–Crippen MR) is 125 cm³/mol. The van der Waals surface area contributed by atoms with Gasteiger partial charge in [-0.3, -0.25) is 4.79 Å². The highest BCUT2D eigenvalue weighted by atomic mass is 32.2. The summed E-state index contributed by atoms with van der Waals surface area (Å²) in [5.41, 5.74) is 3.34. The fourth-order valence-corrected chi connectivity index (χ4v) is 5.10. The van der Waals surface area contributed by atoms with Crippen molar-refractivity contribution in [3.63, 3.8) is 0 Å². The number of benzene rings is 2. The molecular formula is C24H32N2O5S. The van der Waals surface area contributed by atoms with Crippen LogP contribution in [0.1, 0.15) is 42.9 Å². The van der Waals surface area contributed by atoms with Crippen LogP contribution in [0.4, 0.5) is 0 Å². The Labute approximate surface area is 190 Å². The largest absolute Gasteiger partial charge is 0.497 e. The summed E-state index contributed by atoms with van der Waals surface area (Å²) < 4.78 is 37.7. The van der Waals surface area contributed by atoms with Crippen molar-refractivity contribution in [2.24, 2.45) is 0 Å². The van der Waals surface area contributed by atoms with Crippen LogP contribution in [-0.2, 0) is 27.8 Å². The topological polar surface area (TPSA) is 84.9 Å². The molecule has 1 aliphatic rings. The molecule has 1 N–H and O–H groups in total. The number of fused-ring (bicyclic) bond motifs is 1. The maximum atomic E-state index is 12.7. The quantitative estimate of drug-likeness (QED) is 0.551. The molecular weight excluding hydrogens is 428 g/mol. The first kappa shape index (κ1) is 24.1. The van der Waals surface area contributed by atoms with E-state index in [-0.39, 0.29) is 24.8 Å². The Kier molecular flexibility index (Phi) is 8.15. The average Bonchev–Trinajstić information content (AvgIpc) is 2.80. The molecule has 0 spiro atoms. The highest BCUT2D eigenvalue weighted by molar-refractivity contribution is 7.89. The third kappa shape index (κ3) is 6.46. The molecule has 0 saturated carbocycles. The van der Waals surface area contributed by atoms with Gasteiger partial charge in [-0.2, -0.15) is 4.31 Å². The Morgan fingerprint density at radius 2 is 1.81 bits per heavy atom. The van der Waals surface area contributed by atoms with Crippen LogP contribution in [0.2, 0.25) is 0 Å². The summed E-state index contributed by atoms with van der Waals surface area (Å²) in [6.45, 7) is 5.25. The minimum absolute atomic E-state index is 0.00368. The Morgan fingerprint density at radius 3 is 2.50 bits per heavy atom. The lowest BCUT2D eigenvalue weighted by Crippen LogP contribution is -2.38. The van der Waals surface area contributed by atoms with Crippen LogP contribution in [-0.4, -0.2) is 51.2 Å². The van der Waals surface area contributed by atoms with Gasteiger partial charge < -0.3 is 14.8 Å². The lowest BCUT2D eigenvalue weighted by atomic mass is 10.0. The second-order valence-corrected chi connectivity index (χ2v) is 10.3. The smallest absolute Gasteiger partial charge is 0.257 e. The van der Waals surface area contributed by atoms with Gasteiger partial charge in [-0.15, -0.1) is 0 Å². The molecule has 1 heterocycles. The van der Waals surface area contributed by atoms with Crippen molar-refractivity contribution in [1.82, 2.24) is 9.62 Å². The average molecular weight is 461 g/mol. The first-order valence-electron chi connectivity index (χ1n) is 10.9. The molecule has 0 aromatic heterocycles. The molecule has 0 bridgehead atoms. The van der Waals surface area contributed by atoms with Crippen molar-refractivity contribution in [1.29, 1.82) is 0 Å². The lowest BCUT2D eigenvalue weighted by molar-refractivity contribution is -0.123. The number of nitrogens with zero attached hydrogens (tertiary/aromatic N) is 1. The fourth-order valence-electron chi connectivity index (χ4n) is 3.63. The Morgan fingerprint density at radius 1 is 1.09 bits per heavy atom. The predicted octanol–water partition coefficient (Wildman–Crippen LogP) is 3.09. The summed E-state index contributed by atoms with van der Waals surface area (Å²) in [5.74, 6) is 1.58. The summed E-state index contributed by atoms with van der Waals surface area (Å²) in [4.78, 5) is 12.0. The normalized spacial score (nSPS) is 14.1. The minimum Gasteiger partial charge on any atom is -0.497 e. The van der Waals surface area contributed by atoms with Crippen molar-refractivity contribution < 1.29 is 22.7 Å². The van der Waals surface area contributed by atoms with Gasteiger partial charge in [0.25, 0.3) is 5.91 Å². The number of amides is 1. The van der Waals surface area contributed by atoms with E-state index < -0.39 is 10.0 Å². The molecule has 0 unspecified atom stereocenters. The van der Waals surface area contributed by atoms with Gasteiger partial charge in [0, 0.05) is 19.6 Å². The molecule has 32 heavy (non-hydrogen) atoms. The second kappa shape index (κ2) is 10.8. The zero-order valence-corrected chi connectivity index (χ0v) is 19.8. The maximum Gasteiger partial charge on any atom is 0.257 e. The van der Waals surface area contributed by atoms with E-state index in [0.29, 0.717) is 37.6 Å². The first-order chi connectivity index (χ1) is 15.3. The van der Waals surface area contributed by atoms with E-state index in [0.717, 1.165) is 16.9 Å². The maximum absolute atomic E-state index is 12.7. The van der Waals surface area contributed by atoms with Crippen LogP contribution in [0.5, 0.6) is 11.5 Å². The number of carbonyl (C=O) groups is 1. The molecule has 0 saturated heterocycles. The Bertz CT molecular complexity index is 1020. The second-order valence-electron chi connectivity index (χ2n) is 8.25. The van der Waals surface area contributed by atoms with E-state index in [9.17, 15) is 13.2 Å². The zero-order valence-electron chi connectivity index (χ0n) is 19.0. The standard InChI is InChI=1S/C24H32N2O5S/c1-18(2)19-5-8-22(9-6-19)31-17-24(27)25-12-4-14-32(28,29)26-13-11-20-15-23(30-3)10-7-21(20)16-26/h5-10,15,18H,4,11-14,16-17H2,1-3H3,(H,25,27). The van der Waals surface area contributed by atoms with Crippen molar-refractivity contribution in [2.45, 2.75) is 39.2 Å². The molecule has 0 atom stereocenters. The van der Waals surface area contributed by atoms with E-state index in [4.69, 9.17) is 9.47 Å². The molecule has 2 aromatic carbocycles. The molecule has 1 aliphatic heterocycles. The van der Waals surface area contributed by atoms with Gasteiger partial charge >= 0.3 is 0 Å². The number of hydrogen-bond donors (Lipinski definition) is 1. The Hall–Kier alpha value is -2.58. The summed E-state index contributed by atoms with van der Waals surface area (Å²) in [6, 6.07) is 13.4. The van der Waals surface area contributed by atoms with Gasteiger partial charge in [0.15, 0.2) is 6.61 Å². The van der Waals surface area contributed by atoms with Crippen LogP contribution < -0.4 is 14.8 Å². The fraction of sp³-hybridized carbons (Fsp3) is 0.458. The van der Waals surface area contributed by atoms with E-state index in [2.05, 4.69) is 19.2 Å². The number of nitrogens with one attached hydrogen (secondary N) is 1. The Balaban J connectivity index is 1.39. The molecule has 0 fully saturated rings. The van der Waals surface area contributed by atoms with Gasteiger partial charge in [-0.1, -0.05) is 32.0 Å². The van der Waals surface area contributed by atoms with Crippen LogP contribution in [0, 0.1) is 0 Å². The molecule has 174 valence electrons. The van der Waals surface area contributed by atoms with E-state index in [1.54, 1.807) is 7.11 Å². The molecule has 0 aliphatic carbocycles. The van der Waals surface area contributed by atoms with E-state index in [1.807, 2.05) is 42.5 Å². The highest BCUT2D eigenvalue weighted by Crippen LogP contribution is 2.25.